The van der Waals surface area contributed by atoms with Crippen molar-refractivity contribution in [1.29, 1.82) is 0 Å². The highest BCUT2D eigenvalue weighted by Crippen LogP contribution is 2.15. The summed E-state index contributed by atoms with van der Waals surface area (Å²) >= 11 is 0. The van der Waals surface area contributed by atoms with E-state index in [1.807, 2.05) is 31.2 Å². The molecule has 0 fully saturated rings. The predicted molar refractivity (Wildman–Crippen MR) is 105 cm³/mol. The van der Waals surface area contributed by atoms with E-state index >= 15 is 0 Å². The van der Waals surface area contributed by atoms with Crippen molar-refractivity contribution < 1.29 is 28.9 Å². The van der Waals surface area contributed by atoms with E-state index in [9.17, 15) is 14.7 Å². The molecule has 6 heteroatoms. The Morgan fingerprint density at radius 3 is 2.32 bits per heavy atom. The average Bonchev–Trinajstić information content (AvgIpc) is 2.66. The van der Waals surface area contributed by atoms with Crippen LogP contribution < -0.4 is 4.74 Å². The van der Waals surface area contributed by atoms with Gasteiger partial charge >= 0.3 is 11.9 Å². The van der Waals surface area contributed by atoms with Crippen molar-refractivity contribution in [1.82, 2.24) is 0 Å². The van der Waals surface area contributed by atoms with Crippen LogP contribution in [0.25, 0.3) is 0 Å². The van der Waals surface area contributed by atoms with Gasteiger partial charge in [-0.2, -0.15) is 0 Å². The molecule has 150 valence electrons. The lowest BCUT2D eigenvalue weighted by atomic mass is 10.0. The lowest BCUT2D eigenvalue weighted by Crippen LogP contribution is -2.29. The average molecular weight is 386 g/mol. The standard InChI is InChI=1S/C22H26O6/c1-4-26-19-10-8-18(9-11-19)22(25)27-14-17-7-5-6-16(12-17)13-20(21(23)24)28-15(2)3/h5-12,15,20H,4,13-14H2,1-3H3,(H,23,24). The minimum Gasteiger partial charge on any atom is -0.494 e. The number of aliphatic carboxylic acids is 1. The summed E-state index contributed by atoms with van der Waals surface area (Å²) in [6.07, 6.45) is -0.852. The number of carboxylic acid groups (broad SMARTS) is 1. The molecule has 1 unspecified atom stereocenters. The number of esters is 1. The first-order valence-corrected chi connectivity index (χ1v) is 9.25. The summed E-state index contributed by atoms with van der Waals surface area (Å²) in [6, 6.07) is 14.1. The SMILES string of the molecule is CCOc1ccc(C(=O)OCc2cccc(CC(OC(C)C)C(=O)O)c2)cc1. The van der Waals surface area contributed by atoms with Crippen molar-refractivity contribution in [3.63, 3.8) is 0 Å². The molecule has 2 aromatic rings. The Balaban J connectivity index is 1.96. The van der Waals surface area contributed by atoms with Crippen LogP contribution in [0.1, 0.15) is 42.3 Å². The van der Waals surface area contributed by atoms with E-state index in [2.05, 4.69) is 0 Å². The highest BCUT2D eigenvalue weighted by molar-refractivity contribution is 5.89. The number of ether oxygens (including phenoxy) is 3. The summed E-state index contributed by atoms with van der Waals surface area (Å²) in [6.45, 7) is 6.15. The summed E-state index contributed by atoms with van der Waals surface area (Å²) < 4.78 is 16.2. The van der Waals surface area contributed by atoms with Gasteiger partial charge in [-0.3, -0.25) is 0 Å². The van der Waals surface area contributed by atoms with E-state index in [4.69, 9.17) is 14.2 Å². The number of carbonyl (C=O) groups excluding carboxylic acids is 1. The van der Waals surface area contributed by atoms with Gasteiger partial charge in [0.2, 0.25) is 0 Å². The van der Waals surface area contributed by atoms with Crippen molar-refractivity contribution >= 4 is 11.9 Å². The zero-order chi connectivity index (χ0) is 20.5. The van der Waals surface area contributed by atoms with Gasteiger partial charge in [0.25, 0.3) is 0 Å². The van der Waals surface area contributed by atoms with Crippen LogP contribution in [0.2, 0.25) is 0 Å². The molecule has 0 aliphatic heterocycles. The topological polar surface area (TPSA) is 82.1 Å². The molecule has 0 heterocycles. The zero-order valence-corrected chi connectivity index (χ0v) is 16.4. The molecule has 0 aliphatic carbocycles. The third-order valence-electron chi connectivity index (χ3n) is 3.90. The van der Waals surface area contributed by atoms with E-state index in [0.29, 0.717) is 17.9 Å². The number of hydrogen-bond acceptors (Lipinski definition) is 5. The third kappa shape index (κ3) is 6.70. The normalized spacial score (nSPS) is 11.9. The van der Waals surface area contributed by atoms with E-state index in [0.717, 1.165) is 11.1 Å². The van der Waals surface area contributed by atoms with Gasteiger partial charge in [0.05, 0.1) is 18.3 Å². The van der Waals surface area contributed by atoms with Crippen molar-refractivity contribution in [2.24, 2.45) is 0 Å². The zero-order valence-electron chi connectivity index (χ0n) is 16.4. The van der Waals surface area contributed by atoms with E-state index < -0.39 is 18.0 Å². The summed E-state index contributed by atoms with van der Waals surface area (Å²) in [5, 5.41) is 9.30. The predicted octanol–water partition coefficient (Wildman–Crippen LogP) is 3.86. The Kier molecular flexibility index (Phi) is 8.02. The van der Waals surface area contributed by atoms with Gasteiger partial charge in [0.1, 0.15) is 12.4 Å². The molecule has 0 saturated heterocycles. The Labute approximate surface area is 165 Å². The van der Waals surface area contributed by atoms with Crippen LogP contribution in [0.4, 0.5) is 0 Å². The van der Waals surface area contributed by atoms with Crippen molar-refractivity contribution in [3.8, 4) is 5.75 Å². The van der Waals surface area contributed by atoms with Crippen LogP contribution in [0, 0.1) is 0 Å². The van der Waals surface area contributed by atoms with Gasteiger partial charge in [-0.05, 0) is 56.2 Å². The number of hydrogen-bond donors (Lipinski definition) is 1. The lowest BCUT2D eigenvalue weighted by Gasteiger charge is -2.17. The van der Waals surface area contributed by atoms with E-state index in [1.54, 1.807) is 38.1 Å². The van der Waals surface area contributed by atoms with Crippen molar-refractivity contribution in [2.75, 3.05) is 6.61 Å². The molecule has 6 nitrogen and oxygen atoms in total. The largest absolute Gasteiger partial charge is 0.494 e. The Bertz CT molecular complexity index is 782. The van der Waals surface area contributed by atoms with Crippen LogP contribution >= 0.6 is 0 Å². The van der Waals surface area contributed by atoms with Crippen molar-refractivity contribution in [3.05, 3.63) is 65.2 Å². The number of carbonyl (C=O) groups is 2. The first kappa shape index (κ1) is 21.4. The van der Waals surface area contributed by atoms with Crippen LogP contribution in [-0.2, 0) is 27.3 Å². The minimum absolute atomic E-state index is 0.0999. The highest BCUT2D eigenvalue weighted by atomic mass is 16.5. The fraction of sp³-hybridized carbons (Fsp3) is 0.364. The molecule has 0 saturated carbocycles. The molecule has 0 aromatic heterocycles. The van der Waals surface area contributed by atoms with Gasteiger partial charge in [0.15, 0.2) is 6.10 Å². The van der Waals surface area contributed by atoms with Gasteiger partial charge in [0, 0.05) is 6.42 Å². The van der Waals surface area contributed by atoms with Gasteiger partial charge in [-0.15, -0.1) is 0 Å². The molecule has 2 rings (SSSR count). The molecule has 0 aliphatic rings. The van der Waals surface area contributed by atoms with Crippen LogP contribution in [0.3, 0.4) is 0 Å². The molecule has 28 heavy (non-hydrogen) atoms. The number of rotatable bonds is 10. The van der Waals surface area contributed by atoms with Gasteiger partial charge < -0.3 is 19.3 Å². The maximum atomic E-state index is 12.2. The maximum Gasteiger partial charge on any atom is 0.338 e. The summed E-state index contributed by atoms with van der Waals surface area (Å²) in [5.74, 6) is -0.732. The van der Waals surface area contributed by atoms with Crippen LogP contribution in [-0.4, -0.2) is 35.9 Å². The molecule has 2 aromatic carbocycles. The Morgan fingerprint density at radius 1 is 1.04 bits per heavy atom. The summed E-state index contributed by atoms with van der Waals surface area (Å²) in [7, 11) is 0. The molecule has 1 N–H and O–H groups in total. The minimum atomic E-state index is -0.999. The summed E-state index contributed by atoms with van der Waals surface area (Å²) in [4.78, 5) is 23.6. The highest BCUT2D eigenvalue weighted by Gasteiger charge is 2.20. The van der Waals surface area contributed by atoms with Crippen LogP contribution in [0.15, 0.2) is 48.5 Å². The lowest BCUT2D eigenvalue weighted by molar-refractivity contribution is -0.153. The monoisotopic (exact) mass is 386 g/mol. The van der Waals surface area contributed by atoms with Crippen molar-refractivity contribution in [2.45, 2.75) is 46.0 Å². The second-order valence-electron chi connectivity index (χ2n) is 6.57. The van der Waals surface area contributed by atoms with Gasteiger partial charge in [-0.1, -0.05) is 24.3 Å². The second-order valence-corrected chi connectivity index (χ2v) is 6.57. The Hall–Kier alpha value is -2.86. The molecule has 0 radical (unpaired) electrons. The third-order valence-corrected chi connectivity index (χ3v) is 3.90. The molecular weight excluding hydrogens is 360 g/mol. The fourth-order valence-electron chi connectivity index (χ4n) is 2.67. The first-order valence-electron chi connectivity index (χ1n) is 9.25. The fourth-order valence-corrected chi connectivity index (χ4v) is 2.67. The number of carboxylic acids is 1. The quantitative estimate of drug-likeness (QED) is 0.625. The molecular formula is C22H26O6. The second kappa shape index (κ2) is 10.5. The summed E-state index contributed by atoms with van der Waals surface area (Å²) in [5.41, 5.74) is 2.03. The first-order chi connectivity index (χ1) is 13.4. The Morgan fingerprint density at radius 2 is 1.71 bits per heavy atom. The molecule has 0 amide bonds. The van der Waals surface area contributed by atoms with Gasteiger partial charge in [-0.25, -0.2) is 9.59 Å². The van der Waals surface area contributed by atoms with Crippen LogP contribution in [0.5, 0.6) is 5.75 Å². The van der Waals surface area contributed by atoms with E-state index in [-0.39, 0.29) is 19.1 Å². The van der Waals surface area contributed by atoms with E-state index in [1.165, 1.54) is 0 Å². The molecule has 0 spiro atoms. The molecule has 1 atom stereocenters. The maximum absolute atomic E-state index is 12.2. The smallest absolute Gasteiger partial charge is 0.338 e. The molecule has 0 bridgehead atoms. The number of benzene rings is 2.